The van der Waals surface area contributed by atoms with Gasteiger partial charge in [-0.2, -0.15) is 5.26 Å². The number of hydrogen-bond donors (Lipinski definition) is 2. The lowest BCUT2D eigenvalue weighted by molar-refractivity contribution is 0.102. The third-order valence-corrected chi connectivity index (χ3v) is 5.93. The second-order valence-corrected chi connectivity index (χ2v) is 10.4. The third-order valence-electron chi connectivity index (χ3n) is 5.11. The normalized spacial score (nSPS) is 11.0. The lowest BCUT2D eigenvalue weighted by atomic mass is 10.2. The van der Waals surface area contributed by atoms with Crippen LogP contribution in [0.25, 0.3) is 11.4 Å². The molecule has 3 heterocycles. The van der Waals surface area contributed by atoms with Crippen molar-refractivity contribution in [1.29, 1.82) is 5.26 Å². The predicted octanol–water partition coefficient (Wildman–Crippen LogP) is 4.35. The van der Waals surface area contributed by atoms with E-state index in [2.05, 4.69) is 20.0 Å². The van der Waals surface area contributed by atoms with E-state index in [1.54, 1.807) is 23.9 Å². The van der Waals surface area contributed by atoms with Gasteiger partial charge in [0.15, 0.2) is 0 Å². The monoisotopic (exact) mass is 554 g/mol. The summed E-state index contributed by atoms with van der Waals surface area (Å²) in [5.41, 5.74) is 2.36. The number of aromatic nitrogens is 3. The van der Waals surface area contributed by atoms with Crippen molar-refractivity contribution >= 4 is 38.9 Å². The maximum Gasteiger partial charge on any atom is 0.257 e. The fourth-order valence-electron chi connectivity index (χ4n) is 3.57. The van der Waals surface area contributed by atoms with E-state index >= 15 is 0 Å². The van der Waals surface area contributed by atoms with Crippen molar-refractivity contribution in [2.45, 2.75) is 6.61 Å². The molecular weight excluding hydrogens is 535 g/mol. The molecule has 4 aromatic rings. The summed E-state index contributed by atoms with van der Waals surface area (Å²) in [4.78, 5) is 21.2. The van der Waals surface area contributed by atoms with E-state index in [1.165, 1.54) is 42.7 Å². The summed E-state index contributed by atoms with van der Waals surface area (Å²) in [5, 5.41) is 12.2. The number of nitrogens with one attached hydrogen (secondary N) is 2. The number of nitriles is 1. The van der Waals surface area contributed by atoms with E-state index in [1.807, 2.05) is 6.07 Å². The Morgan fingerprint density at radius 2 is 1.92 bits per heavy atom. The number of pyridine rings is 2. The first kappa shape index (κ1) is 26.6. The molecule has 0 atom stereocenters. The van der Waals surface area contributed by atoms with Gasteiger partial charge < -0.3 is 14.6 Å². The first-order valence-electron chi connectivity index (χ1n) is 10.9. The van der Waals surface area contributed by atoms with Crippen LogP contribution in [0.15, 0.2) is 61.2 Å². The van der Waals surface area contributed by atoms with Gasteiger partial charge in [0.2, 0.25) is 10.0 Å². The minimum atomic E-state index is -3.54. The molecule has 1 aromatic carbocycles. The lowest BCUT2D eigenvalue weighted by Crippen LogP contribution is -2.13. The quantitative estimate of drug-likeness (QED) is 0.330. The maximum atomic E-state index is 13.5. The van der Waals surface area contributed by atoms with Crippen molar-refractivity contribution in [2.24, 2.45) is 7.05 Å². The summed E-state index contributed by atoms with van der Waals surface area (Å²) in [6, 6.07) is 10.7. The van der Waals surface area contributed by atoms with Crippen LogP contribution in [-0.2, 0) is 23.7 Å². The Bertz CT molecular complexity index is 1680. The Labute approximate surface area is 222 Å². The molecule has 0 aliphatic rings. The van der Waals surface area contributed by atoms with Gasteiger partial charge in [-0.1, -0.05) is 11.6 Å². The van der Waals surface area contributed by atoms with E-state index in [0.29, 0.717) is 17.0 Å². The summed E-state index contributed by atoms with van der Waals surface area (Å²) < 4.78 is 46.4. The van der Waals surface area contributed by atoms with Crippen molar-refractivity contribution in [1.82, 2.24) is 14.5 Å². The Balaban J connectivity index is 1.60. The molecule has 1 amide bonds. The Kier molecular flexibility index (Phi) is 7.61. The van der Waals surface area contributed by atoms with E-state index in [-0.39, 0.29) is 39.9 Å². The molecule has 194 valence electrons. The van der Waals surface area contributed by atoms with Crippen molar-refractivity contribution in [2.75, 3.05) is 16.3 Å². The largest absolute Gasteiger partial charge is 0.486 e. The molecule has 4 rings (SSSR count). The smallest absolute Gasteiger partial charge is 0.257 e. The van der Waals surface area contributed by atoms with Crippen LogP contribution in [0.5, 0.6) is 5.75 Å². The van der Waals surface area contributed by atoms with E-state index in [4.69, 9.17) is 16.3 Å². The van der Waals surface area contributed by atoms with E-state index < -0.39 is 21.7 Å². The molecule has 2 N–H and O–H groups in total. The number of carbonyl (C=O) groups excluding carboxylic acids is 1. The zero-order chi connectivity index (χ0) is 27.4. The molecule has 0 spiro atoms. The van der Waals surface area contributed by atoms with Crippen LogP contribution < -0.4 is 14.8 Å². The molecule has 0 aliphatic heterocycles. The highest BCUT2D eigenvalue weighted by Crippen LogP contribution is 2.31. The molecule has 10 nitrogen and oxygen atoms in total. The lowest BCUT2D eigenvalue weighted by Gasteiger charge is -2.12. The van der Waals surface area contributed by atoms with Crippen LogP contribution in [0, 0.1) is 17.1 Å². The number of sulfonamides is 1. The number of ether oxygens (including phenoxy) is 1. The molecule has 3 aromatic heterocycles. The number of benzene rings is 1. The second-order valence-electron chi connectivity index (χ2n) is 8.26. The molecular formula is C25H20ClFN6O4S. The molecule has 0 unspecified atom stereocenters. The van der Waals surface area contributed by atoms with Crippen molar-refractivity contribution in [3.05, 3.63) is 88.7 Å². The summed E-state index contributed by atoms with van der Waals surface area (Å²) in [5.74, 6) is -0.735. The highest BCUT2D eigenvalue weighted by atomic mass is 35.5. The van der Waals surface area contributed by atoms with Crippen LogP contribution in [-0.4, -0.2) is 35.1 Å². The number of carbonyl (C=O) groups is 1. The number of halogens is 2. The molecule has 0 fully saturated rings. The zero-order valence-corrected chi connectivity index (χ0v) is 21.6. The number of rotatable bonds is 8. The average Bonchev–Trinajstić information content (AvgIpc) is 3.22. The Morgan fingerprint density at radius 1 is 1.16 bits per heavy atom. The molecule has 0 saturated heterocycles. The second kappa shape index (κ2) is 10.9. The van der Waals surface area contributed by atoms with Gasteiger partial charge in [0.1, 0.15) is 29.9 Å². The van der Waals surface area contributed by atoms with Gasteiger partial charge in [0.05, 0.1) is 35.0 Å². The van der Waals surface area contributed by atoms with Crippen molar-refractivity contribution < 1.29 is 22.3 Å². The van der Waals surface area contributed by atoms with Gasteiger partial charge in [-0.25, -0.2) is 17.8 Å². The highest BCUT2D eigenvalue weighted by Gasteiger charge is 2.18. The minimum Gasteiger partial charge on any atom is -0.486 e. The zero-order valence-electron chi connectivity index (χ0n) is 20.1. The standard InChI is InChI=1S/C25H20ClFN6O4S/c1-33-13-17(25(34)31-20-6-18(26)7-21(8-20)32-38(2,35)36)5-22(33)24-23(4-15(9-28)11-30-24)37-14-16-3-19(27)12-29-10-16/h3-8,10-13,32H,14H2,1-2H3,(H,31,34). The number of nitrogens with zero attached hydrogens (tertiary/aromatic N) is 4. The molecule has 0 radical (unpaired) electrons. The van der Waals surface area contributed by atoms with Gasteiger partial charge in [0.25, 0.3) is 5.91 Å². The predicted molar refractivity (Wildman–Crippen MR) is 140 cm³/mol. The molecule has 13 heteroatoms. The first-order chi connectivity index (χ1) is 18.0. The van der Waals surface area contributed by atoms with Gasteiger partial charge in [-0.3, -0.25) is 14.5 Å². The van der Waals surface area contributed by atoms with E-state index in [0.717, 1.165) is 12.5 Å². The topological polar surface area (TPSA) is 139 Å². The van der Waals surface area contributed by atoms with Crippen LogP contribution in [0.3, 0.4) is 0 Å². The minimum absolute atomic E-state index is 0.0231. The summed E-state index contributed by atoms with van der Waals surface area (Å²) in [6.07, 6.45) is 6.49. The Morgan fingerprint density at radius 3 is 2.63 bits per heavy atom. The number of anilines is 2. The maximum absolute atomic E-state index is 13.5. The molecule has 38 heavy (non-hydrogen) atoms. The SMILES string of the molecule is Cn1cc(C(=O)Nc2cc(Cl)cc(NS(C)(=O)=O)c2)cc1-c1ncc(C#N)cc1OCc1cncc(F)c1. The fraction of sp³-hybridized carbons (Fsp3) is 0.120. The number of hydrogen-bond acceptors (Lipinski definition) is 7. The third kappa shape index (κ3) is 6.64. The molecule has 0 saturated carbocycles. The fourth-order valence-corrected chi connectivity index (χ4v) is 4.35. The molecule has 0 aliphatic carbocycles. The van der Waals surface area contributed by atoms with Crippen LogP contribution >= 0.6 is 11.6 Å². The van der Waals surface area contributed by atoms with Crippen molar-refractivity contribution in [3.8, 4) is 23.2 Å². The Hall–Kier alpha value is -4.47. The van der Waals surface area contributed by atoms with E-state index in [9.17, 15) is 22.9 Å². The average molecular weight is 555 g/mol. The highest BCUT2D eigenvalue weighted by molar-refractivity contribution is 7.92. The van der Waals surface area contributed by atoms with Crippen LogP contribution in [0.4, 0.5) is 15.8 Å². The summed E-state index contributed by atoms with van der Waals surface area (Å²) >= 11 is 6.08. The summed E-state index contributed by atoms with van der Waals surface area (Å²) in [7, 11) is -1.84. The van der Waals surface area contributed by atoms with Gasteiger partial charge in [-0.05, 0) is 30.3 Å². The molecule has 0 bridgehead atoms. The van der Waals surface area contributed by atoms with Crippen molar-refractivity contribution in [3.63, 3.8) is 0 Å². The first-order valence-corrected chi connectivity index (χ1v) is 13.2. The number of amides is 1. The van der Waals surface area contributed by atoms with Crippen LogP contribution in [0.1, 0.15) is 21.5 Å². The number of aryl methyl sites for hydroxylation is 1. The summed E-state index contributed by atoms with van der Waals surface area (Å²) in [6.45, 7) is -0.0231. The van der Waals surface area contributed by atoms with Gasteiger partial charge in [0, 0.05) is 48.0 Å². The van der Waals surface area contributed by atoms with Gasteiger partial charge >= 0.3 is 0 Å². The van der Waals surface area contributed by atoms with Gasteiger partial charge in [-0.15, -0.1) is 0 Å². The van der Waals surface area contributed by atoms with Crippen LogP contribution in [0.2, 0.25) is 5.02 Å².